The summed E-state index contributed by atoms with van der Waals surface area (Å²) in [6, 6.07) is 29.6. The largest absolute Gasteiger partial charge is 0.454 e. The lowest BCUT2D eigenvalue weighted by atomic mass is 10.1. The second-order valence-electron chi connectivity index (χ2n) is 8.35. The molecule has 0 spiro atoms. The fourth-order valence-corrected chi connectivity index (χ4v) is 5.07. The Kier molecular flexibility index (Phi) is 7.63. The van der Waals surface area contributed by atoms with E-state index in [0.29, 0.717) is 27.9 Å². The van der Waals surface area contributed by atoms with Crippen molar-refractivity contribution in [3.05, 3.63) is 113 Å². The molecular formula is C29H23ClN2O4S. The molecule has 0 aliphatic carbocycles. The standard InChI is InChI=1S/C29H23ClN2O4S/c30-21-11-9-19(10-12-21)15-27(33)31-22-7-4-8-24(16-22)37-28(20-5-2-1-3-6-20)29(34)32-23-13-14-25-26(17-23)36-18-35-25/h1-14,16-17,28H,15,18H2,(H,31,33)(H,32,34). The lowest BCUT2D eigenvalue weighted by molar-refractivity contribution is -0.116. The van der Waals surface area contributed by atoms with E-state index >= 15 is 0 Å². The van der Waals surface area contributed by atoms with Crippen molar-refractivity contribution in [2.45, 2.75) is 16.6 Å². The minimum atomic E-state index is -0.522. The van der Waals surface area contributed by atoms with Gasteiger partial charge in [0.15, 0.2) is 11.5 Å². The number of rotatable bonds is 8. The van der Waals surface area contributed by atoms with Gasteiger partial charge >= 0.3 is 0 Å². The Bertz CT molecular complexity index is 1410. The number of benzene rings is 4. The average Bonchev–Trinajstić information content (AvgIpc) is 3.37. The molecule has 0 saturated carbocycles. The lowest BCUT2D eigenvalue weighted by Crippen LogP contribution is -2.19. The lowest BCUT2D eigenvalue weighted by Gasteiger charge is -2.18. The second kappa shape index (κ2) is 11.4. The number of carbonyl (C=O) groups excluding carboxylic acids is 2. The van der Waals surface area contributed by atoms with E-state index in [1.54, 1.807) is 30.3 Å². The summed E-state index contributed by atoms with van der Waals surface area (Å²) in [5.41, 5.74) is 3.02. The number of anilines is 2. The third-order valence-electron chi connectivity index (χ3n) is 5.63. The van der Waals surface area contributed by atoms with Gasteiger partial charge in [0, 0.05) is 27.4 Å². The average molecular weight is 531 g/mol. The fourth-order valence-electron chi connectivity index (χ4n) is 3.86. The van der Waals surface area contributed by atoms with Crippen molar-refractivity contribution >= 4 is 46.6 Å². The summed E-state index contributed by atoms with van der Waals surface area (Å²) in [7, 11) is 0. The summed E-state index contributed by atoms with van der Waals surface area (Å²) in [5, 5.41) is 6.04. The Hall–Kier alpha value is -3.94. The number of halogens is 1. The van der Waals surface area contributed by atoms with Crippen LogP contribution in [-0.2, 0) is 16.0 Å². The summed E-state index contributed by atoms with van der Waals surface area (Å²) >= 11 is 7.34. The second-order valence-corrected chi connectivity index (χ2v) is 9.96. The highest BCUT2D eigenvalue weighted by atomic mass is 35.5. The zero-order chi connectivity index (χ0) is 25.6. The molecule has 37 heavy (non-hydrogen) atoms. The van der Waals surface area contributed by atoms with Crippen LogP contribution in [0.1, 0.15) is 16.4 Å². The van der Waals surface area contributed by atoms with Crippen LogP contribution in [0.5, 0.6) is 11.5 Å². The summed E-state index contributed by atoms with van der Waals surface area (Å²) in [5.74, 6) is 0.947. The molecule has 2 N–H and O–H groups in total. The van der Waals surface area contributed by atoms with Crippen LogP contribution in [-0.4, -0.2) is 18.6 Å². The Morgan fingerprint density at radius 2 is 1.57 bits per heavy atom. The van der Waals surface area contributed by atoms with E-state index in [-0.39, 0.29) is 25.0 Å². The van der Waals surface area contributed by atoms with Gasteiger partial charge in [-0.3, -0.25) is 9.59 Å². The number of fused-ring (bicyclic) bond motifs is 1. The van der Waals surface area contributed by atoms with Gasteiger partial charge < -0.3 is 20.1 Å². The van der Waals surface area contributed by atoms with Crippen LogP contribution in [0, 0.1) is 0 Å². The Morgan fingerprint density at radius 1 is 0.811 bits per heavy atom. The molecule has 1 aliphatic rings. The van der Waals surface area contributed by atoms with E-state index in [4.69, 9.17) is 21.1 Å². The first kappa shape index (κ1) is 24.7. The SMILES string of the molecule is O=C(Cc1ccc(Cl)cc1)Nc1cccc(SC(C(=O)Nc2ccc3c(c2)OCO3)c2ccccc2)c1. The van der Waals surface area contributed by atoms with Crippen LogP contribution in [0.3, 0.4) is 0 Å². The van der Waals surface area contributed by atoms with Crippen molar-refractivity contribution in [2.75, 3.05) is 17.4 Å². The molecule has 0 saturated heterocycles. The fraction of sp³-hybridized carbons (Fsp3) is 0.103. The maximum absolute atomic E-state index is 13.4. The van der Waals surface area contributed by atoms with Crippen molar-refractivity contribution < 1.29 is 19.1 Å². The summed E-state index contributed by atoms with van der Waals surface area (Å²) in [6.07, 6.45) is 0.235. The molecule has 2 amide bonds. The predicted molar refractivity (Wildman–Crippen MR) is 146 cm³/mol. The van der Waals surface area contributed by atoms with Gasteiger partial charge in [-0.15, -0.1) is 11.8 Å². The minimum Gasteiger partial charge on any atom is -0.454 e. The van der Waals surface area contributed by atoms with Crippen LogP contribution in [0.2, 0.25) is 5.02 Å². The van der Waals surface area contributed by atoms with Gasteiger partial charge in [-0.1, -0.05) is 60.1 Å². The van der Waals surface area contributed by atoms with E-state index in [1.165, 1.54) is 11.8 Å². The smallest absolute Gasteiger partial charge is 0.242 e. The molecule has 0 bridgehead atoms. The van der Waals surface area contributed by atoms with Crippen LogP contribution < -0.4 is 20.1 Å². The zero-order valence-corrected chi connectivity index (χ0v) is 21.2. The maximum Gasteiger partial charge on any atom is 0.242 e. The van der Waals surface area contributed by atoms with Crippen molar-refractivity contribution in [1.82, 2.24) is 0 Å². The Morgan fingerprint density at radius 3 is 2.38 bits per heavy atom. The summed E-state index contributed by atoms with van der Waals surface area (Å²) in [6.45, 7) is 0.168. The summed E-state index contributed by atoms with van der Waals surface area (Å²) < 4.78 is 10.8. The highest BCUT2D eigenvalue weighted by molar-refractivity contribution is 8.00. The molecule has 1 heterocycles. The Labute approximate surface area is 223 Å². The van der Waals surface area contributed by atoms with E-state index in [9.17, 15) is 9.59 Å². The van der Waals surface area contributed by atoms with Crippen LogP contribution in [0.4, 0.5) is 11.4 Å². The molecular weight excluding hydrogens is 508 g/mol. The third-order valence-corrected chi connectivity index (χ3v) is 7.13. The molecule has 1 aliphatic heterocycles. The zero-order valence-electron chi connectivity index (χ0n) is 19.6. The molecule has 4 aromatic carbocycles. The molecule has 186 valence electrons. The number of hydrogen-bond acceptors (Lipinski definition) is 5. The van der Waals surface area contributed by atoms with Crippen molar-refractivity contribution in [3.63, 3.8) is 0 Å². The molecule has 0 aromatic heterocycles. The number of carbonyl (C=O) groups is 2. The molecule has 5 rings (SSSR count). The molecule has 8 heteroatoms. The molecule has 1 atom stereocenters. The maximum atomic E-state index is 13.4. The van der Waals surface area contributed by atoms with E-state index in [0.717, 1.165) is 16.0 Å². The van der Waals surface area contributed by atoms with E-state index in [1.807, 2.05) is 66.7 Å². The first-order chi connectivity index (χ1) is 18.0. The number of nitrogens with one attached hydrogen (secondary N) is 2. The van der Waals surface area contributed by atoms with Crippen LogP contribution >= 0.6 is 23.4 Å². The number of amides is 2. The third kappa shape index (κ3) is 6.44. The van der Waals surface area contributed by atoms with Gasteiger partial charge in [0.2, 0.25) is 18.6 Å². The van der Waals surface area contributed by atoms with Crippen LogP contribution in [0.15, 0.2) is 102 Å². The van der Waals surface area contributed by atoms with E-state index < -0.39 is 5.25 Å². The van der Waals surface area contributed by atoms with Gasteiger partial charge in [-0.05, 0) is 53.6 Å². The normalized spacial score (nSPS) is 12.6. The molecule has 0 radical (unpaired) electrons. The Balaban J connectivity index is 1.30. The van der Waals surface area contributed by atoms with Gasteiger partial charge in [0.1, 0.15) is 5.25 Å². The molecule has 4 aromatic rings. The first-order valence-electron chi connectivity index (χ1n) is 11.6. The van der Waals surface area contributed by atoms with Crippen LogP contribution in [0.25, 0.3) is 0 Å². The summed E-state index contributed by atoms with van der Waals surface area (Å²) in [4.78, 5) is 26.9. The van der Waals surface area contributed by atoms with Gasteiger partial charge in [-0.2, -0.15) is 0 Å². The predicted octanol–water partition coefficient (Wildman–Crippen LogP) is 6.72. The van der Waals surface area contributed by atoms with E-state index in [2.05, 4.69) is 10.6 Å². The van der Waals surface area contributed by atoms with Gasteiger partial charge in [-0.25, -0.2) is 0 Å². The van der Waals surface area contributed by atoms with Crippen molar-refractivity contribution in [2.24, 2.45) is 0 Å². The molecule has 0 fully saturated rings. The van der Waals surface area contributed by atoms with Crippen molar-refractivity contribution in [3.8, 4) is 11.5 Å². The highest BCUT2D eigenvalue weighted by Crippen LogP contribution is 2.38. The topological polar surface area (TPSA) is 76.7 Å². The molecule has 6 nitrogen and oxygen atoms in total. The van der Waals surface area contributed by atoms with Gasteiger partial charge in [0.05, 0.1) is 6.42 Å². The molecule has 1 unspecified atom stereocenters. The number of thioether (sulfide) groups is 1. The quantitative estimate of drug-likeness (QED) is 0.247. The first-order valence-corrected chi connectivity index (χ1v) is 12.9. The van der Waals surface area contributed by atoms with Crippen molar-refractivity contribution in [1.29, 1.82) is 0 Å². The monoisotopic (exact) mass is 530 g/mol. The minimum absolute atomic E-state index is 0.135. The van der Waals surface area contributed by atoms with Gasteiger partial charge in [0.25, 0.3) is 0 Å². The number of ether oxygens (including phenoxy) is 2. The highest BCUT2D eigenvalue weighted by Gasteiger charge is 2.23. The number of hydrogen-bond donors (Lipinski definition) is 2.